The number of hydrogen-bond acceptors (Lipinski definition) is 3. The van der Waals surface area contributed by atoms with Crippen molar-refractivity contribution in [2.45, 2.75) is 45.2 Å². The summed E-state index contributed by atoms with van der Waals surface area (Å²) in [5, 5.41) is 10.2. The Bertz CT molecular complexity index is 641. The molecule has 1 saturated carbocycles. The lowest BCUT2D eigenvalue weighted by Gasteiger charge is -2.26. The second-order valence-electron chi connectivity index (χ2n) is 5.70. The number of aromatic carboxylic acids is 1. The molecule has 1 aliphatic carbocycles. The molecule has 4 nitrogen and oxygen atoms in total. The molecule has 0 bridgehead atoms. The molecular formula is C17H21NO3. The van der Waals surface area contributed by atoms with Gasteiger partial charge in [0.25, 0.3) is 0 Å². The van der Waals surface area contributed by atoms with Gasteiger partial charge in [-0.3, -0.25) is 4.90 Å². The maximum absolute atomic E-state index is 11.6. The maximum atomic E-state index is 11.6. The van der Waals surface area contributed by atoms with Crippen molar-refractivity contribution in [3.05, 3.63) is 35.6 Å². The standard InChI is InChI=1S/C17H21NO3/c1-2-18(12-7-3-4-8-12)11-15-16(17(19)20)13-9-5-6-10-14(13)21-15/h5-6,9-10,12H,2-4,7-8,11H2,1H3,(H,19,20). The summed E-state index contributed by atoms with van der Waals surface area (Å²) >= 11 is 0. The molecule has 2 aromatic rings. The van der Waals surface area contributed by atoms with Crippen LogP contribution in [0.2, 0.25) is 0 Å². The number of nitrogens with zero attached hydrogens (tertiary/aromatic N) is 1. The summed E-state index contributed by atoms with van der Waals surface area (Å²) in [5.41, 5.74) is 0.981. The van der Waals surface area contributed by atoms with Gasteiger partial charge >= 0.3 is 5.97 Å². The zero-order chi connectivity index (χ0) is 14.8. The number of furan rings is 1. The van der Waals surface area contributed by atoms with Gasteiger partial charge in [-0.25, -0.2) is 4.79 Å². The lowest BCUT2D eigenvalue weighted by Crippen LogP contribution is -2.32. The number of carbonyl (C=O) groups is 1. The van der Waals surface area contributed by atoms with Gasteiger partial charge in [0.1, 0.15) is 16.9 Å². The molecule has 4 heteroatoms. The van der Waals surface area contributed by atoms with E-state index >= 15 is 0 Å². The number of hydrogen-bond donors (Lipinski definition) is 1. The van der Waals surface area contributed by atoms with Crippen LogP contribution in [0.4, 0.5) is 0 Å². The van der Waals surface area contributed by atoms with Crippen LogP contribution in [0.15, 0.2) is 28.7 Å². The van der Waals surface area contributed by atoms with Gasteiger partial charge in [-0.1, -0.05) is 38.0 Å². The van der Waals surface area contributed by atoms with Gasteiger partial charge in [0, 0.05) is 11.4 Å². The molecule has 21 heavy (non-hydrogen) atoms. The van der Waals surface area contributed by atoms with Crippen LogP contribution in [-0.4, -0.2) is 28.6 Å². The van der Waals surface area contributed by atoms with Gasteiger partial charge in [0.05, 0.1) is 6.54 Å². The number of rotatable bonds is 5. The summed E-state index contributed by atoms with van der Waals surface area (Å²) in [6, 6.07) is 7.93. The van der Waals surface area contributed by atoms with Crippen LogP contribution in [0.3, 0.4) is 0 Å². The molecule has 1 aliphatic rings. The van der Waals surface area contributed by atoms with E-state index in [4.69, 9.17) is 4.42 Å². The van der Waals surface area contributed by atoms with Crippen LogP contribution < -0.4 is 0 Å². The van der Waals surface area contributed by atoms with Crippen molar-refractivity contribution in [3.63, 3.8) is 0 Å². The Morgan fingerprint density at radius 2 is 2.05 bits per heavy atom. The monoisotopic (exact) mass is 287 g/mol. The third-order valence-corrected chi connectivity index (χ3v) is 4.48. The van der Waals surface area contributed by atoms with E-state index in [9.17, 15) is 9.90 Å². The summed E-state index contributed by atoms with van der Waals surface area (Å²) in [5.74, 6) is -0.324. The second kappa shape index (κ2) is 5.90. The smallest absolute Gasteiger partial charge is 0.339 e. The average molecular weight is 287 g/mol. The highest BCUT2D eigenvalue weighted by Crippen LogP contribution is 2.30. The first kappa shape index (κ1) is 14.1. The minimum Gasteiger partial charge on any atom is -0.478 e. The molecule has 3 rings (SSSR count). The van der Waals surface area contributed by atoms with Crippen LogP contribution in [0.25, 0.3) is 11.0 Å². The molecule has 0 aliphatic heterocycles. The summed E-state index contributed by atoms with van der Waals surface area (Å²) in [6.07, 6.45) is 4.95. The van der Waals surface area contributed by atoms with Crippen LogP contribution in [-0.2, 0) is 6.54 Å². The van der Waals surface area contributed by atoms with Crippen LogP contribution in [0.1, 0.15) is 48.7 Å². The van der Waals surface area contributed by atoms with E-state index < -0.39 is 5.97 Å². The number of para-hydroxylation sites is 1. The van der Waals surface area contributed by atoms with E-state index in [-0.39, 0.29) is 0 Å². The van der Waals surface area contributed by atoms with E-state index in [1.165, 1.54) is 25.7 Å². The lowest BCUT2D eigenvalue weighted by atomic mass is 10.1. The first-order valence-corrected chi connectivity index (χ1v) is 7.68. The average Bonchev–Trinajstić information content (AvgIpc) is 3.11. The highest BCUT2D eigenvalue weighted by Gasteiger charge is 2.26. The molecule has 0 amide bonds. The van der Waals surface area contributed by atoms with Gasteiger partial charge in [-0.05, 0) is 25.5 Å². The predicted molar refractivity (Wildman–Crippen MR) is 81.5 cm³/mol. The van der Waals surface area contributed by atoms with Gasteiger partial charge in [0.15, 0.2) is 0 Å². The van der Waals surface area contributed by atoms with Crippen molar-refractivity contribution >= 4 is 16.9 Å². The summed E-state index contributed by atoms with van der Waals surface area (Å²) in [6.45, 7) is 3.62. The minimum atomic E-state index is -0.905. The summed E-state index contributed by atoms with van der Waals surface area (Å²) < 4.78 is 5.83. The Morgan fingerprint density at radius 1 is 1.33 bits per heavy atom. The van der Waals surface area contributed by atoms with Crippen molar-refractivity contribution in [2.75, 3.05) is 6.54 Å². The summed E-state index contributed by atoms with van der Waals surface area (Å²) in [7, 11) is 0. The topological polar surface area (TPSA) is 53.7 Å². The van der Waals surface area contributed by atoms with Crippen molar-refractivity contribution in [1.29, 1.82) is 0 Å². The van der Waals surface area contributed by atoms with Crippen LogP contribution in [0, 0.1) is 0 Å². The maximum Gasteiger partial charge on any atom is 0.339 e. The molecule has 1 aromatic carbocycles. The molecule has 0 spiro atoms. The Hall–Kier alpha value is -1.81. The quantitative estimate of drug-likeness (QED) is 0.906. The highest BCUT2D eigenvalue weighted by atomic mass is 16.4. The number of carboxylic acids is 1. The van der Waals surface area contributed by atoms with E-state index in [0.717, 1.165) is 6.54 Å². The van der Waals surface area contributed by atoms with Crippen molar-refractivity contribution in [1.82, 2.24) is 4.90 Å². The first-order chi connectivity index (χ1) is 10.2. The molecule has 1 N–H and O–H groups in total. The Morgan fingerprint density at radius 3 is 2.71 bits per heavy atom. The normalized spacial score (nSPS) is 16.1. The molecule has 0 radical (unpaired) electrons. The number of fused-ring (bicyclic) bond motifs is 1. The molecule has 1 fully saturated rings. The van der Waals surface area contributed by atoms with Crippen molar-refractivity contribution in [3.8, 4) is 0 Å². The highest BCUT2D eigenvalue weighted by molar-refractivity contribution is 6.03. The van der Waals surface area contributed by atoms with Gasteiger partial charge in [-0.2, -0.15) is 0 Å². The Balaban J connectivity index is 1.95. The largest absolute Gasteiger partial charge is 0.478 e. The molecule has 1 heterocycles. The van der Waals surface area contributed by atoms with Gasteiger partial charge < -0.3 is 9.52 Å². The van der Waals surface area contributed by atoms with Crippen molar-refractivity contribution < 1.29 is 14.3 Å². The summed E-state index contributed by atoms with van der Waals surface area (Å²) in [4.78, 5) is 14.0. The van der Waals surface area contributed by atoms with E-state index in [0.29, 0.717) is 34.9 Å². The van der Waals surface area contributed by atoms with E-state index in [1.54, 1.807) is 0 Å². The number of carboxylic acid groups (broad SMARTS) is 1. The van der Waals surface area contributed by atoms with Gasteiger partial charge in [0.2, 0.25) is 0 Å². The van der Waals surface area contributed by atoms with Crippen molar-refractivity contribution in [2.24, 2.45) is 0 Å². The van der Waals surface area contributed by atoms with Crippen LogP contribution >= 0.6 is 0 Å². The molecule has 0 unspecified atom stereocenters. The van der Waals surface area contributed by atoms with E-state index in [2.05, 4.69) is 11.8 Å². The zero-order valence-electron chi connectivity index (χ0n) is 12.3. The predicted octanol–water partition coefficient (Wildman–Crippen LogP) is 3.90. The second-order valence-corrected chi connectivity index (χ2v) is 5.70. The fourth-order valence-electron chi connectivity index (χ4n) is 3.39. The van der Waals surface area contributed by atoms with Crippen LogP contribution in [0.5, 0.6) is 0 Å². The molecular weight excluding hydrogens is 266 g/mol. The molecule has 1 aromatic heterocycles. The molecule has 0 atom stereocenters. The number of benzene rings is 1. The third kappa shape index (κ3) is 2.68. The molecule has 0 saturated heterocycles. The zero-order valence-corrected chi connectivity index (χ0v) is 12.3. The first-order valence-electron chi connectivity index (χ1n) is 7.68. The Kier molecular flexibility index (Phi) is 3.97. The SMILES string of the molecule is CCN(Cc1oc2ccccc2c1C(=O)O)C1CCCC1. The van der Waals surface area contributed by atoms with E-state index in [1.807, 2.05) is 24.3 Å². The third-order valence-electron chi connectivity index (χ3n) is 4.48. The molecule has 112 valence electrons. The fourth-order valence-corrected chi connectivity index (χ4v) is 3.39. The lowest BCUT2D eigenvalue weighted by molar-refractivity contribution is 0.0693. The fraction of sp³-hybridized carbons (Fsp3) is 0.471. The van der Waals surface area contributed by atoms with Gasteiger partial charge in [-0.15, -0.1) is 0 Å². The minimum absolute atomic E-state index is 0.321. The Labute approximate surface area is 124 Å².